The van der Waals surface area contributed by atoms with Gasteiger partial charge in [-0.2, -0.15) is 0 Å². The third-order valence-corrected chi connectivity index (χ3v) is 4.85. The quantitative estimate of drug-likeness (QED) is 0.329. The van der Waals surface area contributed by atoms with Crippen molar-refractivity contribution < 1.29 is 14.3 Å². The van der Waals surface area contributed by atoms with Crippen LogP contribution in [0, 0.1) is 5.41 Å². The smallest absolute Gasteiger partial charge is 0.243 e. The number of likely N-dealkylation sites (N-methyl/N-ethyl adjacent to an activating group) is 1. The highest BCUT2D eigenvalue weighted by Gasteiger charge is 2.42. The van der Waals surface area contributed by atoms with Gasteiger partial charge in [-0.3, -0.25) is 9.59 Å². The molecule has 0 heterocycles. The van der Waals surface area contributed by atoms with Crippen molar-refractivity contribution in [3.63, 3.8) is 0 Å². The zero-order chi connectivity index (χ0) is 20.3. The number of amides is 2. The molecule has 0 bridgehead atoms. The molecule has 1 aliphatic rings. The minimum Gasteiger partial charge on any atom is -0.382 e. The van der Waals surface area contributed by atoms with Crippen LogP contribution in [0.5, 0.6) is 0 Å². The maximum Gasteiger partial charge on any atom is 0.243 e. The number of ether oxygens (including phenoxy) is 1. The van der Waals surface area contributed by atoms with E-state index in [1.807, 2.05) is 6.92 Å². The zero-order valence-electron chi connectivity index (χ0n) is 17.6. The van der Waals surface area contributed by atoms with Gasteiger partial charge in [0.1, 0.15) is 6.54 Å². The maximum atomic E-state index is 12.7. The van der Waals surface area contributed by atoms with E-state index in [4.69, 9.17) is 4.74 Å². The highest BCUT2D eigenvalue weighted by molar-refractivity contribution is 5.86. The summed E-state index contributed by atoms with van der Waals surface area (Å²) < 4.78 is 5.35. The number of nitrogens with one attached hydrogen (secondary N) is 2. The van der Waals surface area contributed by atoms with Gasteiger partial charge in [0.15, 0.2) is 5.96 Å². The number of carbonyl (C=O) groups excluding carboxylic acids is 2. The first-order valence-electron chi connectivity index (χ1n) is 9.84. The van der Waals surface area contributed by atoms with Gasteiger partial charge in [0.2, 0.25) is 11.8 Å². The van der Waals surface area contributed by atoms with E-state index in [0.29, 0.717) is 32.3 Å². The van der Waals surface area contributed by atoms with Gasteiger partial charge in [-0.05, 0) is 26.2 Å². The first kappa shape index (κ1) is 23.2. The van der Waals surface area contributed by atoms with Crippen molar-refractivity contribution in [3.8, 4) is 0 Å². The number of hydrogen-bond donors (Lipinski definition) is 2. The molecular weight excluding hydrogens is 346 g/mol. The molecule has 8 heteroatoms. The van der Waals surface area contributed by atoms with Crippen molar-refractivity contribution in [1.82, 2.24) is 20.4 Å². The second-order valence-electron chi connectivity index (χ2n) is 7.47. The van der Waals surface area contributed by atoms with Gasteiger partial charge in [0.25, 0.3) is 0 Å². The van der Waals surface area contributed by atoms with Gasteiger partial charge in [-0.1, -0.05) is 12.8 Å². The minimum absolute atomic E-state index is 0.0645. The molecule has 1 saturated carbocycles. The number of guanidine groups is 1. The molecule has 0 aromatic rings. The molecule has 0 radical (unpaired) electrons. The van der Waals surface area contributed by atoms with Crippen molar-refractivity contribution in [1.29, 1.82) is 0 Å². The summed E-state index contributed by atoms with van der Waals surface area (Å²) >= 11 is 0. The van der Waals surface area contributed by atoms with Gasteiger partial charge in [0.05, 0.1) is 5.41 Å². The first-order chi connectivity index (χ1) is 12.8. The predicted molar refractivity (Wildman–Crippen MR) is 108 cm³/mol. The molecule has 0 spiro atoms. The van der Waals surface area contributed by atoms with E-state index in [2.05, 4.69) is 15.6 Å². The average molecular weight is 384 g/mol. The normalized spacial score (nSPS) is 16.1. The summed E-state index contributed by atoms with van der Waals surface area (Å²) in [5.74, 6) is 0.664. The number of aliphatic imine (C=N–C) groups is 1. The molecule has 0 aromatic carbocycles. The van der Waals surface area contributed by atoms with Crippen LogP contribution in [0.3, 0.4) is 0 Å². The summed E-state index contributed by atoms with van der Waals surface area (Å²) in [7, 11) is 7.03. The van der Waals surface area contributed by atoms with Gasteiger partial charge < -0.3 is 25.2 Å². The van der Waals surface area contributed by atoms with Crippen molar-refractivity contribution in [2.75, 3.05) is 61.0 Å². The second-order valence-corrected chi connectivity index (χ2v) is 7.47. The predicted octanol–water partition coefficient (Wildman–Crippen LogP) is 0.685. The molecule has 27 heavy (non-hydrogen) atoms. The maximum absolute atomic E-state index is 12.7. The van der Waals surface area contributed by atoms with Crippen molar-refractivity contribution in [2.24, 2.45) is 10.4 Å². The van der Waals surface area contributed by atoms with Crippen molar-refractivity contribution in [3.05, 3.63) is 0 Å². The summed E-state index contributed by atoms with van der Waals surface area (Å²) in [5.41, 5.74) is -0.386. The Labute approximate surface area is 163 Å². The number of hydrogen-bond acceptors (Lipinski definition) is 4. The molecule has 0 atom stereocenters. The van der Waals surface area contributed by atoms with Crippen LogP contribution >= 0.6 is 0 Å². The Morgan fingerprint density at radius 2 is 1.74 bits per heavy atom. The Morgan fingerprint density at radius 3 is 2.30 bits per heavy atom. The fourth-order valence-corrected chi connectivity index (χ4v) is 3.23. The van der Waals surface area contributed by atoms with Gasteiger partial charge in [-0.15, -0.1) is 0 Å². The molecule has 2 amide bonds. The Balaban J connectivity index is 2.71. The van der Waals surface area contributed by atoms with Gasteiger partial charge >= 0.3 is 0 Å². The van der Waals surface area contributed by atoms with Crippen LogP contribution in [0.15, 0.2) is 4.99 Å². The van der Waals surface area contributed by atoms with E-state index < -0.39 is 0 Å². The largest absolute Gasteiger partial charge is 0.382 e. The molecule has 0 aromatic heterocycles. The lowest BCUT2D eigenvalue weighted by Gasteiger charge is -2.31. The molecule has 1 fully saturated rings. The van der Waals surface area contributed by atoms with E-state index >= 15 is 0 Å². The van der Waals surface area contributed by atoms with Crippen LogP contribution in [-0.2, 0) is 14.3 Å². The van der Waals surface area contributed by atoms with Crippen LogP contribution < -0.4 is 10.6 Å². The topological polar surface area (TPSA) is 86.3 Å². The molecule has 0 saturated heterocycles. The lowest BCUT2D eigenvalue weighted by atomic mass is 9.84. The summed E-state index contributed by atoms with van der Waals surface area (Å²) in [5, 5.41) is 6.55. The van der Waals surface area contributed by atoms with Gasteiger partial charge in [0, 0.05) is 54.5 Å². The summed E-state index contributed by atoms with van der Waals surface area (Å²) in [6.45, 7) is 4.64. The van der Waals surface area contributed by atoms with E-state index in [1.54, 1.807) is 33.1 Å². The number of carbonyl (C=O) groups is 2. The highest BCUT2D eigenvalue weighted by atomic mass is 16.5. The Hall–Kier alpha value is -1.83. The minimum atomic E-state index is -0.386. The van der Waals surface area contributed by atoms with Crippen LogP contribution in [-0.4, -0.2) is 88.6 Å². The second kappa shape index (κ2) is 11.8. The van der Waals surface area contributed by atoms with Crippen molar-refractivity contribution in [2.45, 2.75) is 39.0 Å². The molecule has 8 nitrogen and oxygen atoms in total. The van der Waals surface area contributed by atoms with Gasteiger partial charge in [-0.25, -0.2) is 4.99 Å². The average Bonchev–Trinajstić information content (AvgIpc) is 3.11. The molecular formula is C19H37N5O3. The standard InChI is InChI=1S/C19H37N5O3/c1-6-27-13-9-12-20-18(21-14-16(25)23(2)3)22-15-19(10-7-8-11-19)17(26)24(4)5/h6-15H2,1-5H3,(H2,20,21,22). The van der Waals surface area contributed by atoms with E-state index in [-0.39, 0.29) is 23.8 Å². The lowest BCUT2D eigenvalue weighted by molar-refractivity contribution is -0.138. The van der Waals surface area contributed by atoms with Crippen LogP contribution in [0.1, 0.15) is 39.0 Å². The third kappa shape index (κ3) is 7.74. The third-order valence-electron chi connectivity index (χ3n) is 4.85. The number of nitrogens with zero attached hydrogens (tertiary/aromatic N) is 3. The van der Waals surface area contributed by atoms with Crippen LogP contribution in [0.2, 0.25) is 0 Å². The Kier molecular flexibility index (Phi) is 10.1. The fourth-order valence-electron chi connectivity index (χ4n) is 3.23. The SMILES string of the molecule is CCOCCCNC(=NCC(=O)N(C)C)NCC1(C(=O)N(C)C)CCCC1. The van der Waals surface area contributed by atoms with Crippen LogP contribution in [0.25, 0.3) is 0 Å². The molecule has 1 rings (SSSR count). The Morgan fingerprint density at radius 1 is 1.07 bits per heavy atom. The molecule has 0 aliphatic heterocycles. The molecule has 2 N–H and O–H groups in total. The zero-order valence-corrected chi connectivity index (χ0v) is 17.6. The van der Waals surface area contributed by atoms with E-state index in [1.165, 1.54) is 4.90 Å². The summed E-state index contributed by atoms with van der Waals surface area (Å²) in [4.78, 5) is 32.2. The summed E-state index contributed by atoms with van der Waals surface area (Å²) in [6, 6.07) is 0. The molecule has 0 unspecified atom stereocenters. The summed E-state index contributed by atoms with van der Waals surface area (Å²) in [6.07, 6.45) is 4.73. The van der Waals surface area contributed by atoms with Crippen LogP contribution in [0.4, 0.5) is 0 Å². The molecule has 1 aliphatic carbocycles. The Bertz CT molecular complexity index is 500. The number of rotatable bonds is 10. The fraction of sp³-hybridized carbons (Fsp3) is 0.842. The van der Waals surface area contributed by atoms with Crippen molar-refractivity contribution >= 4 is 17.8 Å². The van der Waals surface area contributed by atoms with E-state index in [0.717, 1.165) is 32.1 Å². The first-order valence-corrected chi connectivity index (χ1v) is 9.84. The highest BCUT2D eigenvalue weighted by Crippen LogP contribution is 2.38. The monoisotopic (exact) mass is 383 g/mol. The lowest BCUT2D eigenvalue weighted by Crippen LogP contribution is -2.49. The van der Waals surface area contributed by atoms with E-state index in [9.17, 15) is 9.59 Å². The molecule has 156 valence electrons.